The number of amides is 1. The Balaban J connectivity index is 3.48. The van der Waals surface area contributed by atoms with Gasteiger partial charge in [-0.05, 0) is 77.0 Å². The van der Waals surface area contributed by atoms with E-state index in [1.54, 1.807) is 0 Å². The predicted molar refractivity (Wildman–Crippen MR) is 273 cm³/mol. The average molecular weight is 873 g/mol. The summed E-state index contributed by atoms with van der Waals surface area (Å²) in [5, 5.41) is 33.6. The number of nitrogens with one attached hydrogen (secondary N) is 1. The Labute approximate surface area is 387 Å². The van der Waals surface area contributed by atoms with E-state index in [-0.39, 0.29) is 12.5 Å². The first-order valence-corrected chi connectivity index (χ1v) is 27.8. The third-order valence-corrected chi connectivity index (χ3v) is 12.9. The van der Waals surface area contributed by atoms with Gasteiger partial charge in [0.25, 0.3) is 0 Å². The van der Waals surface area contributed by atoms with Gasteiger partial charge in [-0.25, -0.2) is 0 Å². The van der Waals surface area contributed by atoms with Gasteiger partial charge in [-0.3, -0.25) is 4.79 Å². The van der Waals surface area contributed by atoms with Crippen LogP contribution in [-0.2, 0) is 4.79 Å². The van der Waals surface area contributed by atoms with E-state index in [2.05, 4.69) is 55.6 Å². The van der Waals surface area contributed by atoms with E-state index >= 15 is 0 Å². The van der Waals surface area contributed by atoms with Crippen molar-refractivity contribution in [2.45, 2.75) is 315 Å². The SMILES string of the molecule is CCCCCC/C=C/CC/C=C/CCCC(O)C(O)C(CO)NC(=O)CCCCCCCCCCCCCCCCCCC/C=C\CCCCCCCCCCCCCCCC. The molecule has 62 heavy (non-hydrogen) atoms. The van der Waals surface area contributed by atoms with Crippen LogP contribution in [-0.4, -0.2) is 46.1 Å². The molecule has 0 aromatic rings. The van der Waals surface area contributed by atoms with E-state index in [0.29, 0.717) is 12.8 Å². The van der Waals surface area contributed by atoms with Crippen molar-refractivity contribution >= 4 is 5.91 Å². The molecule has 5 heteroatoms. The van der Waals surface area contributed by atoms with E-state index in [0.717, 1.165) is 44.9 Å². The van der Waals surface area contributed by atoms with Crippen molar-refractivity contribution in [2.24, 2.45) is 0 Å². The van der Waals surface area contributed by atoms with Crippen LogP contribution < -0.4 is 5.32 Å². The second-order valence-electron chi connectivity index (χ2n) is 19.1. The molecule has 0 aliphatic carbocycles. The largest absolute Gasteiger partial charge is 0.394 e. The highest BCUT2D eigenvalue weighted by Gasteiger charge is 2.26. The molecule has 366 valence electrons. The van der Waals surface area contributed by atoms with Gasteiger partial charge >= 0.3 is 0 Å². The third kappa shape index (κ3) is 46.6. The van der Waals surface area contributed by atoms with Gasteiger partial charge in [0.05, 0.1) is 18.8 Å². The zero-order valence-electron chi connectivity index (χ0n) is 41.8. The summed E-state index contributed by atoms with van der Waals surface area (Å²) >= 11 is 0. The number of aliphatic hydroxyl groups is 3. The maximum Gasteiger partial charge on any atom is 0.220 e. The lowest BCUT2D eigenvalue weighted by Crippen LogP contribution is -2.50. The van der Waals surface area contributed by atoms with Crippen LogP contribution in [0, 0.1) is 0 Å². The first kappa shape index (κ1) is 60.6. The summed E-state index contributed by atoms with van der Waals surface area (Å²) in [5.41, 5.74) is 0. The summed E-state index contributed by atoms with van der Waals surface area (Å²) in [7, 11) is 0. The van der Waals surface area contributed by atoms with Crippen LogP contribution >= 0.6 is 0 Å². The highest BCUT2D eigenvalue weighted by atomic mass is 16.3. The molecule has 0 radical (unpaired) electrons. The second kappa shape index (κ2) is 52.2. The van der Waals surface area contributed by atoms with Crippen molar-refractivity contribution in [1.82, 2.24) is 5.32 Å². The molecule has 5 nitrogen and oxygen atoms in total. The van der Waals surface area contributed by atoms with Gasteiger partial charge in [0, 0.05) is 6.42 Å². The quantitative estimate of drug-likeness (QED) is 0.0362. The number of carbonyl (C=O) groups is 1. The maximum absolute atomic E-state index is 12.5. The monoisotopic (exact) mass is 872 g/mol. The summed E-state index contributed by atoms with van der Waals surface area (Å²) in [6, 6.07) is -0.831. The van der Waals surface area contributed by atoms with Gasteiger partial charge in [-0.2, -0.15) is 0 Å². The van der Waals surface area contributed by atoms with Crippen molar-refractivity contribution in [1.29, 1.82) is 0 Å². The second-order valence-corrected chi connectivity index (χ2v) is 19.1. The van der Waals surface area contributed by atoms with Crippen molar-refractivity contribution in [3.05, 3.63) is 36.5 Å². The minimum absolute atomic E-state index is 0.156. The molecule has 0 saturated carbocycles. The number of allylic oxidation sites excluding steroid dienone is 6. The molecular formula is C57H109NO4. The fourth-order valence-electron chi connectivity index (χ4n) is 8.65. The fourth-order valence-corrected chi connectivity index (χ4v) is 8.65. The Morgan fingerprint density at radius 2 is 0.661 bits per heavy atom. The number of carbonyl (C=O) groups excluding carboxylic acids is 1. The molecule has 0 fully saturated rings. The molecule has 3 atom stereocenters. The molecular weight excluding hydrogens is 763 g/mol. The number of aliphatic hydroxyl groups excluding tert-OH is 3. The maximum atomic E-state index is 12.5. The molecule has 0 aliphatic heterocycles. The minimum atomic E-state index is -1.17. The smallest absolute Gasteiger partial charge is 0.220 e. The van der Waals surface area contributed by atoms with E-state index in [4.69, 9.17) is 0 Å². The number of hydrogen-bond donors (Lipinski definition) is 4. The Hall–Kier alpha value is -1.43. The van der Waals surface area contributed by atoms with Crippen LogP contribution in [0.4, 0.5) is 0 Å². The Bertz CT molecular complexity index is 962. The molecule has 0 heterocycles. The summed E-state index contributed by atoms with van der Waals surface area (Å²) < 4.78 is 0. The van der Waals surface area contributed by atoms with Crippen molar-refractivity contribution in [3.8, 4) is 0 Å². The highest BCUT2D eigenvalue weighted by molar-refractivity contribution is 5.76. The van der Waals surface area contributed by atoms with E-state index < -0.39 is 18.2 Å². The Morgan fingerprint density at radius 3 is 1.00 bits per heavy atom. The Morgan fingerprint density at radius 1 is 0.387 bits per heavy atom. The molecule has 0 rings (SSSR count). The summed E-state index contributed by atoms with van der Waals surface area (Å²) in [4.78, 5) is 12.5. The molecule has 4 N–H and O–H groups in total. The molecule has 0 aliphatic rings. The van der Waals surface area contributed by atoms with Gasteiger partial charge in [0.15, 0.2) is 0 Å². The normalized spacial score (nSPS) is 13.6. The van der Waals surface area contributed by atoms with Crippen LogP contribution in [0.25, 0.3) is 0 Å². The van der Waals surface area contributed by atoms with E-state index in [9.17, 15) is 20.1 Å². The van der Waals surface area contributed by atoms with Crippen LogP contribution in [0.5, 0.6) is 0 Å². The minimum Gasteiger partial charge on any atom is -0.394 e. The molecule has 0 spiro atoms. The van der Waals surface area contributed by atoms with Crippen molar-refractivity contribution in [2.75, 3.05) is 6.61 Å². The molecule has 3 unspecified atom stereocenters. The van der Waals surface area contributed by atoms with Crippen LogP contribution in [0.1, 0.15) is 296 Å². The van der Waals surface area contributed by atoms with Crippen molar-refractivity contribution in [3.63, 3.8) is 0 Å². The number of hydrogen-bond acceptors (Lipinski definition) is 4. The molecule has 0 bridgehead atoms. The van der Waals surface area contributed by atoms with E-state index in [1.165, 1.54) is 225 Å². The van der Waals surface area contributed by atoms with Gasteiger partial charge in [-0.15, -0.1) is 0 Å². The summed E-state index contributed by atoms with van der Waals surface area (Å²) in [6.45, 7) is 4.16. The first-order valence-electron chi connectivity index (χ1n) is 27.8. The third-order valence-electron chi connectivity index (χ3n) is 12.9. The zero-order valence-corrected chi connectivity index (χ0v) is 41.8. The van der Waals surface area contributed by atoms with Crippen molar-refractivity contribution < 1.29 is 20.1 Å². The fraction of sp³-hybridized carbons (Fsp3) is 0.877. The van der Waals surface area contributed by atoms with Crippen LogP contribution in [0.15, 0.2) is 36.5 Å². The standard InChI is InChI=1S/C57H109NO4/c1-3-5-7-9-11-13-15-17-18-19-20-21-22-23-24-25-26-27-28-29-30-31-32-33-34-35-36-37-38-40-42-44-46-48-50-52-56(61)58-54(53-59)57(62)55(60)51-49-47-45-43-41-39-16-14-12-10-8-6-4-2/h14,16,25-26,43,45,54-55,57,59-60,62H,3-13,15,17-24,27-42,44,46-53H2,1-2H3,(H,58,61)/b16-14+,26-25-,45-43+. The molecule has 0 aromatic heterocycles. The lowest BCUT2D eigenvalue weighted by Gasteiger charge is -2.26. The Kier molecular flexibility index (Phi) is 51.0. The van der Waals surface area contributed by atoms with Gasteiger partial charge in [0.1, 0.15) is 6.10 Å². The lowest BCUT2D eigenvalue weighted by molar-refractivity contribution is -0.124. The topological polar surface area (TPSA) is 89.8 Å². The first-order chi connectivity index (χ1) is 30.6. The lowest BCUT2D eigenvalue weighted by atomic mass is 10.0. The molecule has 0 aromatic carbocycles. The van der Waals surface area contributed by atoms with Gasteiger partial charge < -0.3 is 20.6 Å². The number of unbranched alkanes of at least 4 members (excludes halogenated alkanes) is 37. The van der Waals surface area contributed by atoms with Crippen LogP contribution in [0.2, 0.25) is 0 Å². The molecule has 0 saturated heterocycles. The summed E-state index contributed by atoms with van der Waals surface area (Å²) in [6.07, 6.45) is 67.5. The highest BCUT2D eigenvalue weighted by Crippen LogP contribution is 2.17. The van der Waals surface area contributed by atoms with Gasteiger partial charge in [0.2, 0.25) is 5.91 Å². The molecule has 1 amide bonds. The van der Waals surface area contributed by atoms with Crippen LogP contribution in [0.3, 0.4) is 0 Å². The average Bonchev–Trinajstić information content (AvgIpc) is 3.28. The summed E-state index contributed by atoms with van der Waals surface area (Å²) in [5.74, 6) is -0.156. The number of rotatable bonds is 51. The van der Waals surface area contributed by atoms with Gasteiger partial charge in [-0.1, -0.05) is 249 Å². The van der Waals surface area contributed by atoms with E-state index in [1.807, 2.05) is 0 Å². The predicted octanol–water partition coefficient (Wildman–Crippen LogP) is 17.1. The zero-order chi connectivity index (χ0) is 45.1.